The molecule has 3 heteroatoms. The minimum Gasteiger partial charge on any atom is -0.295 e. The van der Waals surface area contributed by atoms with Crippen LogP contribution < -0.4 is 5.32 Å². The van der Waals surface area contributed by atoms with Crippen LogP contribution in [0.2, 0.25) is 5.02 Å². The maximum absolute atomic E-state index is 9.19. The summed E-state index contributed by atoms with van der Waals surface area (Å²) in [6.07, 6.45) is 4.86. The summed E-state index contributed by atoms with van der Waals surface area (Å²) in [6.45, 7) is 0. The van der Waals surface area contributed by atoms with Crippen LogP contribution in [0.1, 0.15) is 37.3 Å². The Morgan fingerprint density at radius 1 is 1.31 bits per heavy atom. The number of rotatable bonds is 3. The van der Waals surface area contributed by atoms with Crippen molar-refractivity contribution in [2.45, 2.75) is 37.8 Å². The van der Waals surface area contributed by atoms with Gasteiger partial charge in [0.2, 0.25) is 0 Å². The van der Waals surface area contributed by atoms with Gasteiger partial charge >= 0.3 is 0 Å². The van der Waals surface area contributed by atoms with E-state index < -0.39 is 0 Å². The molecule has 2 rings (SSSR count). The van der Waals surface area contributed by atoms with E-state index in [2.05, 4.69) is 11.4 Å². The summed E-state index contributed by atoms with van der Waals surface area (Å²) in [4.78, 5) is 0. The van der Waals surface area contributed by atoms with E-state index in [1.165, 1.54) is 25.7 Å². The molecule has 0 saturated heterocycles. The Kier molecular flexibility index (Phi) is 3.82. The summed E-state index contributed by atoms with van der Waals surface area (Å²) in [5.74, 6) is 0. The van der Waals surface area contributed by atoms with Crippen molar-refractivity contribution in [3.63, 3.8) is 0 Å². The maximum atomic E-state index is 9.19. The molecule has 0 aliphatic heterocycles. The molecule has 16 heavy (non-hydrogen) atoms. The molecule has 0 spiro atoms. The highest BCUT2D eigenvalue weighted by molar-refractivity contribution is 6.31. The lowest BCUT2D eigenvalue weighted by Gasteiger charge is -2.18. The number of nitriles is 1. The van der Waals surface area contributed by atoms with E-state index in [1.807, 2.05) is 24.3 Å². The third-order valence-corrected chi connectivity index (χ3v) is 3.45. The lowest BCUT2D eigenvalue weighted by Crippen LogP contribution is -2.29. The van der Waals surface area contributed by atoms with Gasteiger partial charge in [-0.05, 0) is 18.9 Å². The van der Waals surface area contributed by atoms with Crippen molar-refractivity contribution in [3.8, 4) is 6.07 Å². The molecule has 0 bridgehead atoms. The molecule has 0 amide bonds. The molecule has 1 aliphatic rings. The normalized spacial score (nSPS) is 18.2. The molecular formula is C13H15ClN2. The summed E-state index contributed by atoms with van der Waals surface area (Å²) in [5.41, 5.74) is 0.888. The van der Waals surface area contributed by atoms with Crippen molar-refractivity contribution in [2.24, 2.45) is 0 Å². The van der Waals surface area contributed by atoms with Crippen molar-refractivity contribution < 1.29 is 0 Å². The van der Waals surface area contributed by atoms with Crippen molar-refractivity contribution >= 4 is 11.6 Å². The van der Waals surface area contributed by atoms with Gasteiger partial charge in [0, 0.05) is 16.6 Å². The fraction of sp³-hybridized carbons (Fsp3) is 0.462. The predicted molar refractivity (Wildman–Crippen MR) is 65.2 cm³/mol. The van der Waals surface area contributed by atoms with Gasteiger partial charge in [-0.1, -0.05) is 42.6 Å². The van der Waals surface area contributed by atoms with Crippen molar-refractivity contribution in [1.29, 1.82) is 5.26 Å². The van der Waals surface area contributed by atoms with E-state index in [0.29, 0.717) is 11.1 Å². The van der Waals surface area contributed by atoms with Gasteiger partial charge in [-0.3, -0.25) is 5.32 Å². The fourth-order valence-corrected chi connectivity index (χ4v) is 2.48. The van der Waals surface area contributed by atoms with E-state index in [0.717, 1.165) is 5.56 Å². The van der Waals surface area contributed by atoms with Gasteiger partial charge in [-0.2, -0.15) is 5.26 Å². The monoisotopic (exact) mass is 234 g/mol. The van der Waals surface area contributed by atoms with Crippen LogP contribution in [-0.4, -0.2) is 6.04 Å². The fourth-order valence-electron chi connectivity index (χ4n) is 2.23. The zero-order valence-electron chi connectivity index (χ0n) is 9.12. The van der Waals surface area contributed by atoms with Crippen molar-refractivity contribution in [2.75, 3.05) is 0 Å². The second-order valence-electron chi connectivity index (χ2n) is 4.23. The lowest BCUT2D eigenvalue weighted by molar-refractivity contribution is 0.492. The molecule has 84 valence electrons. The maximum Gasteiger partial charge on any atom is 0.123 e. The number of hydrogen-bond donors (Lipinski definition) is 1. The molecule has 1 atom stereocenters. The number of hydrogen-bond acceptors (Lipinski definition) is 2. The van der Waals surface area contributed by atoms with Crippen LogP contribution in [0.5, 0.6) is 0 Å². The summed E-state index contributed by atoms with van der Waals surface area (Å²) >= 11 is 6.09. The first-order valence-electron chi connectivity index (χ1n) is 5.71. The largest absolute Gasteiger partial charge is 0.295 e. The Morgan fingerprint density at radius 3 is 2.62 bits per heavy atom. The smallest absolute Gasteiger partial charge is 0.123 e. The van der Waals surface area contributed by atoms with Crippen LogP contribution in [0.15, 0.2) is 24.3 Å². The van der Waals surface area contributed by atoms with Crippen LogP contribution in [-0.2, 0) is 0 Å². The third kappa shape index (κ3) is 2.55. The van der Waals surface area contributed by atoms with Crippen LogP contribution in [0.25, 0.3) is 0 Å². The molecule has 1 aromatic rings. The second-order valence-corrected chi connectivity index (χ2v) is 4.64. The number of nitrogens with one attached hydrogen (secondary N) is 1. The Bertz CT molecular complexity index is 391. The zero-order valence-corrected chi connectivity index (χ0v) is 9.87. The second kappa shape index (κ2) is 5.34. The summed E-state index contributed by atoms with van der Waals surface area (Å²) in [6, 6.07) is 10.0. The van der Waals surface area contributed by atoms with Crippen molar-refractivity contribution in [3.05, 3.63) is 34.9 Å². The highest BCUT2D eigenvalue weighted by Gasteiger charge is 2.21. The first-order chi connectivity index (χ1) is 7.81. The Hall–Kier alpha value is -1.04. The first kappa shape index (κ1) is 11.4. The molecule has 1 aliphatic carbocycles. The molecule has 1 saturated carbocycles. The molecule has 1 unspecified atom stereocenters. The molecule has 2 nitrogen and oxygen atoms in total. The standard InChI is InChI=1S/C13H15ClN2/c14-12-8-4-3-7-11(12)13(9-15)16-10-5-1-2-6-10/h3-4,7-8,10,13,16H,1-2,5-6H2. The predicted octanol–water partition coefficient (Wildman–Crippen LogP) is 3.44. The lowest BCUT2D eigenvalue weighted by atomic mass is 10.1. The van der Waals surface area contributed by atoms with Crippen molar-refractivity contribution in [1.82, 2.24) is 5.32 Å². The average Bonchev–Trinajstić information content (AvgIpc) is 2.80. The van der Waals surface area contributed by atoms with Crippen LogP contribution >= 0.6 is 11.6 Å². The van der Waals surface area contributed by atoms with Gasteiger partial charge in [-0.25, -0.2) is 0 Å². The van der Waals surface area contributed by atoms with Gasteiger partial charge in [0.25, 0.3) is 0 Å². The topological polar surface area (TPSA) is 35.8 Å². The van der Waals surface area contributed by atoms with Gasteiger partial charge in [0.15, 0.2) is 0 Å². The number of halogens is 1. The number of benzene rings is 1. The van der Waals surface area contributed by atoms with Crippen LogP contribution in [0, 0.1) is 11.3 Å². The zero-order chi connectivity index (χ0) is 11.4. The Labute approximate surface area is 101 Å². The van der Waals surface area contributed by atoms with Gasteiger partial charge in [0.1, 0.15) is 6.04 Å². The van der Waals surface area contributed by atoms with E-state index in [4.69, 9.17) is 11.6 Å². The first-order valence-corrected chi connectivity index (χ1v) is 6.09. The molecule has 1 N–H and O–H groups in total. The average molecular weight is 235 g/mol. The molecular weight excluding hydrogens is 220 g/mol. The van der Waals surface area contributed by atoms with Gasteiger partial charge in [-0.15, -0.1) is 0 Å². The van der Waals surface area contributed by atoms with E-state index in [9.17, 15) is 5.26 Å². The molecule has 1 aromatic carbocycles. The summed E-state index contributed by atoms with van der Waals surface area (Å²) in [7, 11) is 0. The Balaban J connectivity index is 2.10. The van der Waals surface area contributed by atoms with E-state index in [-0.39, 0.29) is 6.04 Å². The van der Waals surface area contributed by atoms with E-state index in [1.54, 1.807) is 0 Å². The van der Waals surface area contributed by atoms with Gasteiger partial charge in [0.05, 0.1) is 6.07 Å². The van der Waals surface area contributed by atoms with Gasteiger partial charge < -0.3 is 0 Å². The van der Waals surface area contributed by atoms with Crippen LogP contribution in [0.3, 0.4) is 0 Å². The highest BCUT2D eigenvalue weighted by atomic mass is 35.5. The highest BCUT2D eigenvalue weighted by Crippen LogP contribution is 2.25. The third-order valence-electron chi connectivity index (χ3n) is 3.10. The van der Waals surface area contributed by atoms with E-state index >= 15 is 0 Å². The molecule has 1 fully saturated rings. The molecule has 0 radical (unpaired) electrons. The SMILES string of the molecule is N#CC(NC1CCCC1)c1ccccc1Cl. The summed E-state index contributed by atoms with van der Waals surface area (Å²) in [5, 5.41) is 13.2. The Morgan fingerprint density at radius 2 is 2.00 bits per heavy atom. The number of nitrogens with zero attached hydrogens (tertiary/aromatic N) is 1. The molecule has 0 aromatic heterocycles. The molecule has 0 heterocycles. The summed E-state index contributed by atoms with van der Waals surface area (Å²) < 4.78 is 0. The van der Waals surface area contributed by atoms with Crippen LogP contribution in [0.4, 0.5) is 0 Å². The minimum atomic E-state index is -0.281. The quantitative estimate of drug-likeness (QED) is 0.870. The minimum absolute atomic E-state index is 0.281.